The standard InChI is InChI=1S/C18H19F3N4O2/c1-23-16(26)6-5-15(22-23)17(27)25-9-7-24(8-10-25)12-13-3-2-4-14(11-13)18(19,20)21/h2-6,11H,7-10,12H2,1H3. The van der Waals surface area contributed by atoms with E-state index in [0.29, 0.717) is 38.3 Å². The average molecular weight is 380 g/mol. The summed E-state index contributed by atoms with van der Waals surface area (Å²) in [5.41, 5.74) is -0.167. The fraction of sp³-hybridized carbons (Fsp3) is 0.389. The zero-order chi connectivity index (χ0) is 19.6. The Hall–Kier alpha value is -2.68. The highest BCUT2D eigenvalue weighted by Gasteiger charge is 2.30. The molecule has 3 rings (SSSR count). The Morgan fingerprint density at radius 3 is 2.44 bits per heavy atom. The quantitative estimate of drug-likeness (QED) is 0.814. The van der Waals surface area contributed by atoms with Crippen molar-refractivity contribution in [3.63, 3.8) is 0 Å². The fourth-order valence-electron chi connectivity index (χ4n) is 2.99. The zero-order valence-corrected chi connectivity index (χ0v) is 14.7. The van der Waals surface area contributed by atoms with Gasteiger partial charge in [0.1, 0.15) is 5.69 Å². The summed E-state index contributed by atoms with van der Waals surface area (Å²) in [6.07, 6.45) is -4.36. The molecule has 27 heavy (non-hydrogen) atoms. The number of aryl methyl sites for hydroxylation is 1. The van der Waals surface area contributed by atoms with E-state index in [-0.39, 0.29) is 17.2 Å². The molecule has 0 atom stereocenters. The van der Waals surface area contributed by atoms with Crippen LogP contribution in [-0.4, -0.2) is 51.7 Å². The molecule has 9 heteroatoms. The molecule has 0 aliphatic carbocycles. The van der Waals surface area contributed by atoms with Gasteiger partial charge < -0.3 is 4.90 Å². The van der Waals surface area contributed by atoms with E-state index in [9.17, 15) is 22.8 Å². The molecule has 144 valence electrons. The van der Waals surface area contributed by atoms with Crippen LogP contribution in [0.5, 0.6) is 0 Å². The van der Waals surface area contributed by atoms with Crippen molar-refractivity contribution in [2.24, 2.45) is 7.05 Å². The molecule has 1 aliphatic rings. The van der Waals surface area contributed by atoms with Crippen molar-refractivity contribution in [3.8, 4) is 0 Å². The van der Waals surface area contributed by atoms with E-state index in [1.807, 2.05) is 4.90 Å². The van der Waals surface area contributed by atoms with E-state index in [0.717, 1.165) is 16.8 Å². The maximum atomic E-state index is 12.8. The number of halogens is 3. The van der Waals surface area contributed by atoms with Crippen LogP contribution in [0.15, 0.2) is 41.2 Å². The molecule has 1 amide bonds. The highest BCUT2D eigenvalue weighted by Crippen LogP contribution is 2.29. The van der Waals surface area contributed by atoms with E-state index in [2.05, 4.69) is 5.10 Å². The van der Waals surface area contributed by atoms with Crippen molar-refractivity contribution in [1.82, 2.24) is 19.6 Å². The molecular weight excluding hydrogens is 361 g/mol. The van der Waals surface area contributed by atoms with Gasteiger partial charge in [-0.1, -0.05) is 18.2 Å². The number of hydrogen-bond acceptors (Lipinski definition) is 4. The first-order valence-electron chi connectivity index (χ1n) is 8.46. The third-order valence-electron chi connectivity index (χ3n) is 4.50. The lowest BCUT2D eigenvalue weighted by Crippen LogP contribution is -2.48. The minimum absolute atomic E-state index is 0.198. The SMILES string of the molecule is Cn1nc(C(=O)N2CCN(Cc3cccc(C(F)(F)F)c3)CC2)ccc1=O. The number of amides is 1. The second-order valence-corrected chi connectivity index (χ2v) is 6.45. The smallest absolute Gasteiger partial charge is 0.335 e. The van der Waals surface area contributed by atoms with Crippen LogP contribution >= 0.6 is 0 Å². The maximum absolute atomic E-state index is 12.8. The molecule has 2 heterocycles. The van der Waals surface area contributed by atoms with Crippen LogP contribution in [0.4, 0.5) is 13.2 Å². The van der Waals surface area contributed by atoms with Crippen LogP contribution in [0.2, 0.25) is 0 Å². The summed E-state index contributed by atoms with van der Waals surface area (Å²) in [4.78, 5) is 27.5. The predicted molar refractivity (Wildman–Crippen MR) is 92.1 cm³/mol. The highest BCUT2D eigenvalue weighted by atomic mass is 19.4. The van der Waals surface area contributed by atoms with E-state index in [4.69, 9.17) is 0 Å². The lowest BCUT2D eigenvalue weighted by molar-refractivity contribution is -0.137. The molecular formula is C18H19F3N4O2. The molecule has 0 N–H and O–H groups in total. The van der Waals surface area contributed by atoms with Crippen LogP contribution in [0.25, 0.3) is 0 Å². The van der Waals surface area contributed by atoms with Crippen molar-refractivity contribution < 1.29 is 18.0 Å². The molecule has 1 fully saturated rings. The van der Waals surface area contributed by atoms with Crippen molar-refractivity contribution in [1.29, 1.82) is 0 Å². The molecule has 1 saturated heterocycles. The molecule has 1 aliphatic heterocycles. The first-order valence-corrected chi connectivity index (χ1v) is 8.46. The Morgan fingerprint density at radius 2 is 1.81 bits per heavy atom. The van der Waals surface area contributed by atoms with Gasteiger partial charge in [-0.2, -0.15) is 18.3 Å². The van der Waals surface area contributed by atoms with E-state index in [1.165, 1.54) is 25.2 Å². The molecule has 0 radical (unpaired) electrons. The van der Waals surface area contributed by atoms with Crippen molar-refractivity contribution >= 4 is 5.91 Å². The summed E-state index contributed by atoms with van der Waals surface area (Å²) >= 11 is 0. The van der Waals surface area contributed by atoms with Gasteiger partial charge in [0, 0.05) is 45.8 Å². The summed E-state index contributed by atoms with van der Waals surface area (Å²) in [5.74, 6) is -0.260. The van der Waals surface area contributed by atoms with Gasteiger partial charge in [-0.25, -0.2) is 4.68 Å². The number of benzene rings is 1. The Morgan fingerprint density at radius 1 is 1.11 bits per heavy atom. The molecule has 0 spiro atoms. The van der Waals surface area contributed by atoms with Crippen LogP contribution in [0, 0.1) is 0 Å². The predicted octanol–water partition coefficient (Wildman–Crippen LogP) is 1.76. The Labute approximate surface area is 153 Å². The summed E-state index contributed by atoms with van der Waals surface area (Å²) in [5, 5.41) is 3.96. The summed E-state index contributed by atoms with van der Waals surface area (Å²) < 4.78 is 39.6. The minimum Gasteiger partial charge on any atom is -0.335 e. The van der Waals surface area contributed by atoms with Gasteiger partial charge in [0.15, 0.2) is 0 Å². The summed E-state index contributed by atoms with van der Waals surface area (Å²) in [6, 6.07) is 7.99. The number of hydrogen-bond donors (Lipinski definition) is 0. The number of piperazine rings is 1. The molecule has 1 aromatic heterocycles. The van der Waals surface area contributed by atoms with Crippen molar-refractivity contribution in [2.45, 2.75) is 12.7 Å². The average Bonchev–Trinajstić information content (AvgIpc) is 2.63. The van der Waals surface area contributed by atoms with Crippen molar-refractivity contribution in [3.05, 3.63) is 63.6 Å². The number of alkyl halides is 3. The first kappa shape index (κ1) is 19.1. The van der Waals surface area contributed by atoms with Gasteiger partial charge in [-0.05, 0) is 17.7 Å². The normalized spacial score (nSPS) is 15.8. The van der Waals surface area contributed by atoms with Gasteiger partial charge in [0.05, 0.1) is 5.56 Å². The lowest BCUT2D eigenvalue weighted by Gasteiger charge is -2.34. The van der Waals surface area contributed by atoms with Gasteiger partial charge in [0.25, 0.3) is 11.5 Å². The third kappa shape index (κ3) is 4.54. The maximum Gasteiger partial charge on any atom is 0.416 e. The van der Waals surface area contributed by atoms with Gasteiger partial charge in [-0.15, -0.1) is 0 Å². The van der Waals surface area contributed by atoms with E-state index in [1.54, 1.807) is 11.0 Å². The van der Waals surface area contributed by atoms with Gasteiger partial charge in [-0.3, -0.25) is 14.5 Å². The molecule has 0 unspecified atom stereocenters. The van der Waals surface area contributed by atoms with E-state index < -0.39 is 11.7 Å². The third-order valence-corrected chi connectivity index (χ3v) is 4.50. The molecule has 1 aromatic carbocycles. The number of carbonyl (C=O) groups excluding carboxylic acids is 1. The number of rotatable bonds is 3. The first-order chi connectivity index (χ1) is 12.7. The second-order valence-electron chi connectivity index (χ2n) is 6.45. The second kappa shape index (κ2) is 7.51. The topological polar surface area (TPSA) is 58.4 Å². The molecule has 6 nitrogen and oxygen atoms in total. The summed E-state index contributed by atoms with van der Waals surface area (Å²) in [7, 11) is 1.48. The lowest BCUT2D eigenvalue weighted by atomic mass is 10.1. The fourth-order valence-corrected chi connectivity index (χ4v) is 2.99. The highest BCUT2D eigenvalue weighted by molar-refractivity contribution is 5.92. The Bertz CT molecular complexity index is 887. The Balaban J connectivity index is 1.60. The number of carbonyl (C=O) groups is 1. The van der Waals surface area contributed by atoms with Gasteiger partial charge in [0.2, 0.25) is 0 Å². The Kier molecular flexibility index (Phi) is 5.31. The van der Waals surface area contributed by atoms with Crippen LogP contribution in [0.3, 0.4) is 0 Å². The number of aromatic nitrogens is 2. The monoisotopic (exact) mass is 380 g/mol. The molecule has 0 bridgehead atoms. The van der Waals surface area contributed by atoms with Gasteiger partial charge >= 0.3 is 6.18 Å². The van der Waals surface area contributed by atoms with Crippen LogP contribution in [-0.2, 0) is 19.8 Å². The molecule has 2 aromatic rings. The summed E-state index contributed by atoms with van der Waals surface area (Å²) in [6.45, 7) is 2.39. The van der Waals surface area contributed by atoms with Crippen LogP contribution < -0.4 is 5.56 Å². The number of nitrogens with zero attached hydrogens (tertiary/aromatic N) is 4. The largest absolute Gasteiger partial charge is 0.416 e. The minimum atomic E-state index is -4.36. The van der Waals surface area contributed by atoms with E-state index >= 15 is 0 Å². The van der Waals surface area contributed by atoms with Crippen molar-refractivity contribution in [2.75, 3.05) is 26.2 Å². The molecule has 0 saturated carbocycles. The zero-order valence-electron chi connectivity index (χ0n) is 14.7. The van der Waals surface area contributed by atoms with Crippen LogP contribution in [0.1, 0.15) is 21.6 Å².